The van der Waals surface area contributed by atoms with Gasteiger partial charge in [0.15, 0.2) is 0 Å². The second-order valence-electron chi connectivity index (χ2n) is 13.1. The third-order valence-corrected chi connectivity index (χ3v) is 9.70. The maximum atomic E-state index is 2.56. The fraction of sp³-hybridized carbons (Fsp3) is 0.130. The zero-order chi connectivity index (χ0) is 32.5. The van der Waals surface area contributed by atoms with Gasteiger partial charge in [-0.15, -0.1) is 0 Å². The number of para-hydroxylation sites is 2. The van der Waals surface area contributed by atoms with E-state index in [2.05, 4.69) is 181 Å². The van der Waals surface area contributed by atoms with Crippen molar-refractivity contribution in [3.63, 3.8) is 0 Å². The molecule has 0 aliphatic rings. The van der Waals surface area contributed by atoms with Gasteiger partial charge >= 0.3 is 0 Å². The van der Waals surface area contributed by atoms with Crippen molar-refractivity contribution in [3.05, 3.63) is 167 Å². The first-order chi connectivity index (χ1) is 23.6. The molecule has 0 unspecified atom stereocenters. The van der Waals surface area contributed by atoms with Crippen LogP contribution in [0.4, 0.5) is 0 Å². The van der Waals surface area contributed by atoms with E-state index in [1.54, 1.807) is 0 Å². The van der Waals surface area contributed by atoms with Crippen molar-refractivity contribution in [1.82, 2.24) is 9.13 Å². The highest BCUT2D eigenvalue weighted by molar-refractivity contribution is 6.09. The van der Waals surface area contributed by atoms with Crippen molar-refractivity contribution in [1.29, 1.82) is 0 Å². The largest absolute Gasteiger partial charge is 0.340 e. The van der Waals surface area contributed by atoms with Gasteiger partial charge < -0.3 is 9.13 Å². The monoisotopic (exact) mass is 620 g/mol. The molecule has 0 aliphatic heterocycles. The van der Waals surface area contributed by atoms with Crippen LogP contribution >= 0.6 is 0 Å². The average Bonchev–Trinajstić information content (AvgIpc) is 3.61. The minimum Gasteiger partial charge on any atom is -0.340 e. The van der Waals surface area contributed by atoms with Crippen molar-refractivity contribution in [2.75, 3.05) is 0 Å². The first kappa shape index (κ1) is 29.8. The zero-order valence-corrected chi connectivity index (χ0v) is 27.7. The van der Waals surface area contributed by atoms with Crippen molar-refractivity contribution in [3.8, 4) is 0 Å². The minimum atomic E-state index is 0.966. The molecule has 8 rings (SSSR count). The van der Waals surface area contributed by atoms with Gasteiger partial charge in [0.25, 0.3) is 0 Å². The highest BCUT2D eigenvalue weighted by atomic mass is 15.0. The topological polar surface area (TPSA) is 9.86 Å². The van der Waals surface area contributed by atoms with E-state index in [0.29, 0.717) is 0 Å². The summed E-state index contributed by atoms with van der Waals surface area (Å²) in [6.07, 6.45) is 11.1. The number of aromatic nitrogens is 2. The molecule has 0 saturated carbocycles. The van der Waals surface area contributed by atoms with Crippen LogP contribution in [0, 0.1) is 13.8 Å². The summed E-state index contributed by atoms with van der Waals surface area (Å²) in [5.74, 6) is 0. The molecule has 2 aromatic heterocycles. The fourth-order valence-electron chi connectivity index (χ4n) is 7.10. The molecule has 0 fully saturated rings. The molecule has 2 heteroatoms. The third kappa shape index (κ3) is 5.87. The smallest absolute Gasteiger partial charge is 0.0497 e. The minimum absolute atomic E-state index is 0.966. The van der Waals surface area contributed by atoms with Crippen LogP contribution in [0.3, 0.4) is 0 Å². The van der Waals surface area contributed by atoms with Crippen LogP contribution in [0.2, 0.25) is 0 Å². The van der Waals surface area contributed by atoms with Crippen LogP contribution < -0.4 is 0 Å². The van der Waals surface area contributed by atoms with E-state index in [-0.39, 0.29) is 0 Å². The Morgan fingerprint density at radius 2 is 0.729 bits per heavy atom. The number of hydrogen-bond donors (Lipinski definition) is 0. The van der Waals surface area contributed by atoms with Crippen molar-refractivity contribution in [2.24, 2.45) is 0 Å². The number of benzene rings is 6. The summed E-state index contributed by atoms with van der Waals surface area (Å²) in [4.78, 5) is 0. The first-order valence-electron chi connectivity index (χ1n) is 17.1. The summed E-state index contributed by atoms with van der Waals surface area (Å²) in [6.45, 7) is 6.23. The summed E-state index contributed by atoms with van der Waals surface area (Å²) < 4.78 is 5.07. The van der Waals surface area contributed by atoms with E-state index in [4.69, 9.17) is 0 Å². The molecule has 6 aromatic carbocycles. The summed E-state index contributed by atoms with van der Waals surface area (Å²) in [7, 11) is 0. The van der Waals surface area contributed by atoms with Gasteiger partial charge in [0, 0.05) is 56.7 Å². The van der Waals surface area contributed by atoms with Crippen LogP contribution in [-0.4, -0.2) is 9.13 Å². The zero-order valence-electron chi connectivity index (χ0n) is 27.7. The maximum absolute atomic E-state index is 2.56. The number of rotatable bonds is 9. The Bertz CT molecular complexity index is 2280. The predicted molar refractivity (Wildman–Crippen MR) is 208 cm³/mol. The standard InChI is InChI=1S/C46H40N2/c1-33-13-17-35(18-14-33)21-23-37-25-27-41-42-28-26-38(24-22-36-19-15-34(2)16-20-36)32-46(42)48(45(41)31-37)30-8-7-29-47-43-11-5-3-9-39(43)40-10-4-6-12-44(40)47/h3-6,9-28,31-32H,7-8,29-30H2,1-2H3. The van der Waals surface area contributed by atoms with Gasteiger partial charge in [0.05, 0.1) is 0 Å². The van der Waals surface area contributed by atoms with Gasteiger partial charge in [0.1, 0.15) is 0 Å². The number of aryl methyl sites for hydroxylation is 4. The normalized spacial score (nSPS) is 12.1. The molecule has 0 bridgehead atoms. The summed E-state index contributed by atoms with van der Waals surface area (Å²) in [6, 6.07) is 48.9. The number of fused-ring (bicyclic) bond motifs is 6. The summed E-state index contributed by atoms with van der Waals surface area (Å²) >= 11 is 0. The molecule has 2 nitrogen and oxygen atoms in total. The highest BCUT2D eigenvalue weighted by Crippen LogP contribution is 2.33. The Kier molecular flexibility index (Phi) is 8.00. The van der Waals surface area contributed by atoms with Crippen molar-refractivity contribution in [2.45, 2.75) is 39.8 Å². The number of nitrogens with zero attached hydrogens (tertiary/aromatic N) is 2. The van der Waals surface area contributed by atoms with Gasteiger partial charge in [-0.05, 0) is 73.2 Å². The Balaban J connectivity index is 1.13. The van der Waals surface area contributed by atoms with E-state index in [0.717, 1.165) is 25.9 Å². The molecular formula is C46H40N2. The highest BCUT2D eigenvalue weighted by Gasteiger charge is 2.13. The van der Waals surface area contributed by atoms with E-state index < -0.39 is 0 Å². The van der Waals surface area contributed by atoms with Gasteiger partial charge in [0.2, 0.25) is 0 Å². The third-order valence-electron chi connectivity index (χ3n) is 9.70. The molecule has 0 radical (unpaired) electrons. The van der Waals surface area contributed by atoms with Gasteiger partial charge in [-0.3, -0.25) is 0 Å². The number of hydrogen-bond acceptors (Lipinski definition) is 0. The van der Waals surface area contributed by atoms with Crippen LogP contribution in [-0.2, 0) is 13.1 Å². The van der Waals surface area contributed by atoms with Gasteiger partial charge in [-0.25, -0.2) is 0 Å². The number of unbranched alkanes of at least 4 members (excludes halogenated alkanes) is 1. The Labute approximate surface area is 282 Å². The molecule has 234 valence electrons. The first-order valence-corrected chi connectivity index (χ1v) is 17.1. The Hall–Kier alpha value is -5.60. The van der Waals surface area contributed by atoms with Crippen LogP contribution in [0.1, 0.15) is 46.2 Å². The van der Waals surface area contributed by atoms with E-state index in [1.807, 2.05) is 0 Å². The lowest BCUT2D eigenvalue weighted by Gasteiger charge is -2.11. The second kappa shape index (κ2) is 12.9. The Morgan fingerprint density at radius 1 is 0.375 bits per heavy atom. The van der Waals surface area contributed by atoms with Crippen molar-refractivity contribution >= 4 is 67.9 Å². The van der Waals surface area contributed by atoms with E-state index in [9.17, 15) is 0 Å². The molecule has 0 amide bonds. The summed E-state index contributed by atoms with van der Waals surface area (Å²) in [5.41, 5.74) is 12.7. The van der Waals surface area contributed by atoms with Crippen LogP contribution in [0.15, 0.2) is 133 Å². The molecule has 0 atom stereocenters. The SMILES string of the molecule is Cc1ccc(C=Cc2ccc3c4ccc(C=Cc5ccc(C)cc5)cc4n(CCCCn4c5ccccc5c5ccccc54)c3c2)cc1. The molecule has 0 spiro atoms. The molecule has 8 aromatic rings. The van der Waals surface area contributed by atoms with E-state index in [1.165, 1.54) is 77.0 Å². The summed E-state index contributed by atoms with van der Waals surface area (Å²) in [5, 5.41) is 5.31. The van der Waals surface area contributed by atoms with Gasteiger partial charge in [-0.2, -0.15) is 0 Å². The maximum Gasteiger partial charge on any atom is 0.0497 e. The molecule has 0 N–H and O–H groups in total. The second-order valence-corrected chi connectivity index (χ2v) is 13.1. The Morgan fingerprint density at radius 3 is 1.19 bits per heavy atom. The lowest BCUT2D eigenvalue weighted by molar-refractivity contribution is 0.583. The molecule has 0 aliphatic carbocycles. The van der Waals surface area contributed by atoms with Crippen molar-refractivity contribution < 1.29 is 0 Å². The van der Waals surface area contributed by atoms with E-state index >= 15 is 0 Å². The lowest BCUT2D eigenvalue weighted by atomic mass is 10.1. The fourth-order valence-corrected chi connectivity index (χ4v) is 7.10. The average molecular weight is 621 g/mol. The molecular weight excluding hydrogens is 581 g/mol. The van der Waals surface area contributed by atoms with Crippen LogP contribution in [0.5, 0.6) is 0 Å². The predicted octanol–water partition coefficient (Wildman–Crippen LogP) is 12.3. The lowest BCUT2D eigenvalue weighted by Crippen LogP contribution is -2.02. The molecule has 2 heterocycles. The quantitative estimate of drug-likeness (QED) is 0.112. The van der Waals surface area contributed by atoms with Crippen LogP contribution in [0.25, 0.3) is 67.9 Å². The molecule has 48 heavy (non-hydrogen) atoms. The van der Waals surface area contributed by atoms with Gasteiger partial charge in [-0.1, -0.05) is 145 Å². The molecule has 0 saturated heterocycles.